The monoisotopic (exact) mass is 491 g/mol. The van der Waals surface area contributed by atoms with Crippen molar-refractivity contribution in [3.05, 3.63) is 0 Å². The number of rotatable bonds is 15. The molecule has 12 nitrogen and oxygen atoms in total. The Morgan fingerprint density at radius 3 is 1.73 bits per heavy atom. The van der Waals surface area contributed by atoms with Crippen molar-refractivity contribution in [2.75, 3.05) is 18.6 Å². The van der Waals surface area contributed by atoms with E-state index in [0.29, 0.717) is 5.75 Å². The standard InChI is InChI=1S/C20H37N5O7S/c1-10(2)8-15(25-17(28)11(3)22-18(29)13(21)9-26)19(30)23-12(4)16(27)24-14(20(31)32)6-7-33-5/h10-15,26H,6-9,21H2,1-5H3,(H,22,29)(H,23,30)(H,24,27)(H,25,28)(H,31,32)/t11-,12-,13-,14-,15-/m0/s1. The number of aliphatic carboxylic acids is 1. The minimum Gasteiger partial charge on any atom is -0.480 e. The Bertz CT molecular complexity index is 692. The number of aliphatic hydroxyl groups is 1. The lowest BCUT2D eigenvalue weighted by molar-refractivity contribution is -0.142. The number of nitrogens with one attached hydrogen (secondary N) is 4. The summed E-state index contributed by atoms with van der Waals surface area (Å²) in [5.74, 6) is -3.26. The van der Waals surface area contributed by atoms with E-state index in [4.69, 9.17) is 10.8 Å². The summed E-state index contributed by atoms with van der Waals surface area (Å²) in [5.41, 5.74) is 5.41. The Morgan fingerprint density at radius 1 is 0.818 bits per heavy atom. The molecule has 0 spiro atoms. The van der Waals surface area contributed by atoms with E-state index in [2.05, 4.69) is 21.3 Å². The summed E-state index contributed by atoms with van der Waals surface area (Å²) in [6.45, 7) is 5.92. The molecule has 0 unspecified atom stereocenters. The molecular weight excluding hydrogens is 454 g/mol. The zero-order valence-corrected chi connectivity index (χ0v) is 20.5. The van der Waals surface area contributed by atoms with Crippen molar-refractivity contribution in [2.24, 2.45) is 11.7 Å². The second-order valence-electron chi connectivity index (χ2n) is 8.12. The third-order valence-corrected chi connectivity index (χ3v) is 5.25. The fourth-order valence-electron chi connectivity index (χ4n) is 2.64. The van der Waals surface area contributed by atoms with Gasteiger partial charge in [-0.05, 0) is 44.6 Å². The molecule has 5 atom stereocenters. The molecule has 0 heterocycles. The van der Waals surface area contributed by atoms with E-state index in [9.17, 15) is 29.1 Å². The molecule has 4 amide bonds. The lowest BCUT2D eigenvalue weighted by Crippen LogP contribution is -2.57. The summed E-state index contributed by atoms with van der Waals surface area (Å²) >= 11 is 1.45. The summed E-state index contributed by atoms with van der Waals surface area (Å²) in [6, 6.07) is -5.32. The number of carboxylic acids is 1. The molecule has 0 aliphatic heterocycles. The Kier molecular flexibility index (Phi) is 14.3. The van der Waals surface area contributed by atoms with Crippen molar-refractivity contribution >= 4 is 41.4 Å². The van der Waals surface area contributed by atoms with Crippen molar-refractivity contribution in [1.82, 2.24) is 21.3 Å². The number of thioether (sulfide) groups is 1. The van der Waals surface area contributed by atoms with Gasteiger partial charge in [0.15, 0.2) is 0 Å². The molecule has 0 aromatic rings. The van der Waals surface area contributed by atoms with E-state index in [0.717, 1.165) is 0 Å². The normalized spacial score (nSPS) is 15.5. The molecule has 0 fully saturated rings. The number of amides is 4. The topological polar surface area (TPSA) is 200 Å². The highest BCUT2D eigenvalue weighted by Crippen LogP contribution is 2.07. The zero-order valence-electron chi connectivity index (χ0n) is 19.7. The Labute approximate surface area is 198 Å². The molecule has 0 rings (SSSR count). The minimum atomic E-state index is -1.18. The van der Waals surface area contributed by atoms with Gasteiger partial charge in [0.05, 0.1) is 6.61 Å². The maximum Gasteiger partial charge on any atom is 0.326 e. The quantitative estimate of drug-likeness (QED) is 0.138. The summed E-state index contributed by atoms with van der Waals surface area (Å²) in [5, 5.41) is 28.0. The average Bonchev–Trinajstić information content (AvgIpc) is 2.74. The first kappa shape index (κ1) is 30.6. The summed E-state index contributed by atoms with van der Waals surface area (Å²) in [6.07, 6.45) is 2.31. The van der Waals surface area contributed by atoms with Crippen molar-refractivity contribution < 1.29 is 34.2 Å². The van der Waals surface area contributed by atoms with Gasteiger partial charge < -0.3 is 37.2 Å². The van der Waals surface area contributed by atoms with Crippen molar-refractivity contribution in [1.29, 1.82) is 0 Å². The molecule has 0 aromatic heterocycles. The van der Waals surface area contributed by atoms with Crippen LogP contribution in [0.5, 0.6) is 0 Å². The highest BCUT2D eigenvalue weighted by molar-refractivity contribution is 7.98. The highest BCUT2D eigenvalue weighted by atomic mass is 32.2. The molecule has 33 heavy (non-hydrogen) atoms. The van der Waals surface area contributed by atoms with Crippen LogP contribution in [0.25, 0.3) is 0 Å². The van der Waals surface area contributed by atoms with E-state index in [1.54, 1.807) is 0 Å². The number of hydrogen-bond donors (Lipinski definition) is 7. The first-order valence-corrected chi connectivity index (χ1v) is 12.0. The largest absolute Gasteiger partial charge is 0.480 e. The van der Waals surface area contributed by atoms with Gasteiger partial charge in [0.1, 0.15) is 30.2 Å². The van der Waals surface area contributed by atoms with Crippen LogP contribution in [0.3, 0.4) is 0 Å². The number of aliphatic hydroxyl groups excluding tert-OH is 1. The summed E-state index contributed by atoms with van der Waals surface area (Å²) in [7, 11) is 0. The van der Waals surface area contributed by atoms with E-state index in [1.807, 2.05) is 20.1 Å². The molecule has 0 saturated carbocycles. The zero-order chi connectivity index (χ0) is 25.7. The predicted molar refractivity (Wildman–Crippen MR) is 124 cm³/mol. The van der Waals surface area contributed by atoms with Crippen LogP contribution < -0.4 is 27.0 Å². The smallest absolute Gasteiger partial charge is 0.326 e. The first-order chi connectivity index (χ1) is 15.3. The fraction of sp³-hybridized carbons (Fsp3) is 0.750. The van der Waals surface area contributed by atoms with Crippen molar-refractivity contribution in [3.8, 4) is 0 Å². The minimum absolute atomic E-state index is 0.0147. The molecule has 0 radical (unpaired) electrons. The third-order valence-electron chi connectivity index (χ3n) is 4.60. The van der Waals surface area contributed by atoms with Gasteiger partial charge in [-0.1, -0.05) is 13.8 Å². The maximum atomic E-state index is 12.8. The molecule has 0 bridgehead atoms. The Hall–Kier alpha value is -2.38. The van der Waals surface area contributed by atoms with Crippen LogP contribution in [-0.4, -0.2) is 88.6 Å². The summed E-state index contributed by atoms with van der Waals surface area (Å²) < 4.78 is 0. The van der Waals surface area contributed by atoms with E-state index in [-0.39, 0.29) is 18.8 Å². The van der Waals surface area contributed by atoms with Gasteiger partial charge in [0.2, 0.25) is 23.6 Å². The first-order valence-electron chi connectivity index (χ1n) is 10.6. The third kappa shape index (κ3) is 11.9. The molecule has 0 aromatic carbocycles. The van der Waals surface area contributed by atoms with Crippen LogP contribution in [-0.2, 0) is 24.0 Å². The Morgan fingerprint density at radius 2 is 1.30 bits per heavy atom. The van der Waals surface area contributed by atoms with Crippen molar-refractivity contribution in [3.63, 3.8) is 0 Å². The van der Waals surface area contributed by atoms with Crippen molar-refractivity contribution in [2.45, 2.75) is 70.7 Å². The second-order valence-corrected chi connectivity index (χ2v) is 9.11. The summed E-state index contributed by atoms with van der Waals surface area (Å²) in [4.78, 5) is 60.7. The average molecular weight is 492 g/mol. The van der Waals surface area contributed by atoms with Crippen LogP contribution in [0.4, 0.5) is 0 Å². The number of hydrogen-bond acceptors (Lipinski definition) is 8. The van der Waals surface area contributed by atoms with E-state index in [1.165, 1.54) is 25.6 Å². The highest BCUT2D eigenvalue weighted by Gasteiger charge is 2.29. The van der Waals surface area contributed by atoms with Crippen LogP contribution in [0, 0.1) is 5.92 Å². The maximum absolute atomic E-state index is 12.8. The molecular formula is C20H37N5O7S. The molecule has 0 aliphatic rings. The number of carboxylic acid groups (broad SMARTS) is 1. The molecule has 0 aliphatic carbocycles. The van der Waals surface area contributed by atoms with Gasteiger partial charge in [-0.2, -0.15) is 11.8 Å². The van der Waals surface area contributed by atoms with Gasteiger partial charge in [-0.15, -0.1) is 0 Å². The van der Waals surface area contributed by atoms with Gasteiger partial charge in [0.25, 0.3) is 0 Å². The molecule has 13 heteroatoms. The lowest BCUT2D eigenvalue weighted by atomic mass is 10.0. The molecule has 0 saturated heterocycles. The predicted octanol–water partition coefficient (Wildman–Crippen LogP) is -1.83. The second kappa shape index (κ2) is 15.5. The Balaban J connectivity index is 5.10. The number of carbonyl (C=O) groups excluding carboxylic acids is 4. The lowest BCUT2D eigenvalue weighted by Gasteiger charge is -2.25. The fourth-order valence-corrected chi connectivity index (χ4v) is 3.11. The SMILES string of the molecule is CSCC[C@H](NC(=O)[C@H](C)NC(=O)[C@H](CC(C)C)NC(=O)[C@H](C)NC(=O)[C@@H](N)CO)C(=O)O. The number of carbonyl (C=O) groups is 5. The van der Waals surface area contributed by atoms with Crippen LogP contribution in [0.2, 0.25) is 0 Å². The van der Waals surface area contributed by atoms with Crippen LogP contribution in [0.1, 0.15) is 40.5 Å². The molecule has 190 valence electrons. The van der Waals surface area contributed by atoms with E-state index >= 15 is 0 Å². The molecule has 8 N–H and O–H groups in total. The van der Waals surface area contributed by atoms with Crippen LogP contribution >= 0.6 is 11.8 Å². The van der Waals surface area contributed by atoms with Gasteiger partial charge in [-0.3, -0.25) is 19.2 Å². The van der Waals surface area contributed by atoms with E-state index < -0.39 is 66.4 Å². The van der Waals surface area contributed by atoms with Crippen LogP contribution in [0.15, 0.2) is 0 Å². The van der Waals surface area contributed by atoms with Gasteiger partial charge in [-0.25, -0.2) is 4.79 Å². The van der Waals surface area contributed by atoms with Gasteiger partial charge in [0, 0.05) is 0 Å². The number of nitrogens with two attached hydrogens (primary N) is 1. The van der Waals surface area contributed by atoms with Gasteiger partial charge >= 0.3 is 5.97 Å².